The van der Waals surface area contributed by atoms with Crippen molar-refractivity contribution in [2.45, 2.75) is 4.90 Å². The predicted molar refractivity (Wildman–Crippen MR) is 100 cm³/mol. The molecule has 0 atom stereocenters. The van der Waals surface area contributed by atoms with E-state index in [1.165, 1.54) is 24.6 Å². The minimum Gasteiger partial charge on any atom is -0.497 e. The van der Waals surface area contributed by atoms with Gasteiger partial charge in [0.05, 0.1) is 12.0 Å². The molecule has 0 fully saturated rings. The number of carbonyl (C=O) groups is 1. The first-order valence-corrected chi connectivity index (χ1v) is 9.83. The SMILES string of the molecule is COc1ccc(S(=O)(=O)Nc2nc(C(=O)Nc3ccccc3)cs2)cc1. The lowest BCUT2D eigenvalue weighted by molar-refractivity contribution is 0.102. The largest absolute Gasteiger partial charge is 0.497 e. The standard InChI is InChI=1S/C17H15N3O4S2/c1-24-13-7-9-14(10-8-13)26(22,23)20-17-19-15(11-25-17)16(21)18-12-5-3-2-4-6-12/h2-11H,1H3,(H,18,21)(H,19,20). The van der Waals surface area contributed by atoms with Gasteiger partial charge in [-0.1, -0.05) is 18.2 Å². The number of methoxy groups -OCH3 is 1. The van der Waals surface area contributed by atoms with E-state index < -0.39 is 15.9 Å². The number of benzene rings is 2. The summed E-state index contributed by atoms with van der Waals surface area (Å²) in [5, 5.41) is 4.29. The first-order chi connectivity index (χ1) is 12.5. The fourth-order valence-corrected chi connectivity index (χ4v) is 4.01. The average molecular weight is 389 g/mol. The summed E-state index contributed by atoms with van der Waals surface area (Å²) in [5.74, 6) is 0.139. The number of ether oxygens (including phenoxy) is 1. The van der Waals surface area contributed by atoms with Crippen LogP contribution in [0.4, 0.5) is 10.8 Å². The molecule has 0 saturated carbocycles. The Balaban J connectivity index is 1.71. The van der Waals surface area contributed by atoms with Crippen molar-refractivity contribution in [2.75, 3.05) is 17.1 Å². The molecule has 0 aliphatic rings. The van der Waals surface area contributed by atoms with E-state index in [1.807, 2.05) is 6.07 Å². The van der Waals surface area contributed by atoms with E-state index in [0.717, 1.165) is 11.3 Å². The minimum atomic E-state index is -3.80. The topological polar surface area (TPSA) is 97.4 Å². The van der Waals surface area contributed by atoms with Crippen LogP contribution in [0.2, 0.25) is 0 Å². The van der Waals surface area contributed by atoms with E-state index in [4.69, 9.17) is 4.74 Å². The van der Waals surface area contributed by atoms with Crippen LogP contribution in [0.1, 0.15) is 10.5 Å². The van der Waals surface area contributed by atoms with Gasteiger partial charge in [0, 0.05) is 11.1 Å². The van der Waals surface area contributed by atoms with Crippen LogP contribution in [-0.4, -0.2) is 26.4 Å². The van der Waals surface area contributed by atoms with Gasteiger partial charge in [-0.3, -0.25) is 9.52 Å². The Bertz CT molecular complexity index is 1000. The van der Waals surface area contributed by atoms with Crippen LogP contribution in [0.5, 0.6) is 5.75 Å². The number of hydrogen-bond donors (Lipinski definition) is 2. The molecular weight excluding hydrogens is 374 g/mol. The Morgan fingerprint density at radius 2 is 1.77 bits per heavy atom. The molecule has 3 aromatic rings. The zero-order chi connectivity index (χ0) is 18.6. The molecule has 0 spiro atoms. The van der Waals surface area contributed by atoms with Gasteiger partial charge in [-0.25, -0.2) is 13.4 Å². The molecule has 0 bridgehead atoms. The van der Waals surface area contributed by atoms with Crippen LogP contribution in [0.3, 0.4) is 0 Å². The highest BCUT2D eigenvalue weighted by Gasteiger charge is 2.18. The zero-order valence-electron chi connectivity index (χ0n) is 13.7. The van der Waals surface area contributed by atoms with Crippen molar-refractivity contribution in [1.29, 1.82) is 0 Å². The monoisotopic (exact) mass is 389 g/mol. The van der Waals surface area contributed by atoms with E-state index in [9.17, 15) is 13.2 Å². The van der Waals surface area contributed by atoms with Crippen LogP contribution < -0.4 is 14.8 Å². The zero-order valence-corrected chi connectivity index (χ0v) is 15.3. The summed E-state index contributed by atoms with van der Waals surface area (Å²) >= 11 is 1.03. The van der Waals surface area contributed by atoms with Gasteiger partial charge in [0.1, 0.15) is 11.4 Å². The number of sulfonamides is 1. The maximum absolute atomic E-state index is 12.4. The molecular formula is C17H15N3O4S2. The molecule has 0 aliphatic heterocycles. The van der Waals surface area contributed by atoms with Crippen molar-refractivity contribution in [3.8, 4) is 5.75 Å². The van der Waals surface area contributed by atoms with Crippen molar-refractivity contribution in [2.24, 2.45) is 0 Å². The lowest BCUT2D eigenvalue weighted by Crippen LogP contribution is -2.14. The molecule has 9 heteroatoms. The number of nitrogens with one attached hydrogen (secondary N) is 2. The predicted octanol–water partition coefficient (Wildman–Crippen LogP) is 3.20. The summed E-state index contributed by atoms with van der Waals surface area (Å²) in [7, 11) is -2.30. The summed E-state index contributed by atoms with van der Waals surface area (Å²) in [4.78, 5) is 16.3. The number of anilines is 2. The summed E-state index contributed by atoms with van der Waals surface area (Å²) in [6, 6.07) is 14.9. The maximum Gasteiger partial charge on any atom is 0.275 e. The summed E-state index contributed by atoms with van der Waals surface area (Å²) in [6.45, 7) is 0. The average Bonchev–Trinajstić information content (AvgIpc) is 3.10. The van der Waals surface area contributed by atoms with Crippen molar-refractivity contribution in [1.82, 2.24) is 4.98 Å². The highest BCUT2D eigenvalue weighted by atomic mass is 32.2. The molecule has 26 heavy (non-hydrogen) atoms. The van der Waals surface area contributed by atoms with Crippen molar-refractivity contribution in [3.05, 3.63) is 65.7 Å². The second-order valence-corrected chi connectivity index (χ2v) is 7.68. The van der Waals surface area contributed by atoms with Crippen LogP contribution >= 0.6 is 11.3 Å². The number of thiazole rings is 1. The maximum atomic E-state index is 12.4. The third kappa shape index (κ3) is 4.19. The lowest BCUT2D eigenvalue weighted by atomic mass is 10.3. The van der Waals surface area contributed by atoms with E-state index >= 15 is 0 Å². The lowest BCUT2D eigenvalue weighted by Gasteiger charge is -2.06. The fraction of sp³-hybridized carbons (Fsp3) is 0.0588. The van der Waals surface area contributed by atoms with Gasteiger partial charge in [0.15, 0.2) is 5.13 Å². The van der Waals surface area contributed by atoms with Gasteiger partial charge >= 0.3 is 0 Å². The number of rotatable bonds is 6. The van der Waals surface area contributed by atoms with Crippen LogP contribution in [0.15, 0.2) is 64.9 Å². The first kappa shape index (κ1) is 17.9. The highest BCUT2D eigenvalue weighted by molar-refractivity contribution is 7.93. The molecule has 7 nitrogen and oxygen atoms in total. The van der Waals surface area contributed by atoms with Crippen molar-refractivity contribution in [3.63, 3.8) is 0 Å². The smallest absolute Gasteiger partial charge is 0.275 e. The Labute approximate surface area is 154 Å². The number of hydrogen-bond acceptors (Lipinski definition) is 6. The van der Waals surface area contributed by atoms with Crippen molar-refractivity contribution >= 4 is 38.1 Å². The quantitative estimate of drug-likeness (QED) is 0.675. The minimum absolute atomic E-state index is 0.0730. The van der Waals surface area contributed by atoms with E-state index in [-0.39, 0.29) is 15.7 Å². The number of carbonyl (C=O) groups excluding carboxylic acids is 1. The summed E-state index contributed by atoms with van der Waals surface area (Å²) in [6.07, 6.45) is 0. The third-order valence-electron chi connectivity index (χ3n) is 3.36. The van der Waals surface area contributed by atoms with E-state index in [0.29, 0.717) is 11.4 Å². The summed E-state index contributed by atoms with van der Waals surface area (Å²) in [5.41, 5.74) is 0.761. The molecule has 1 amide bonds. The molecule has 0 saturated heterocycles. The van der Waals surface area contributed by atoms with E-state index in [1.54, 1.807) is 36.4 Å². The molecule has 0 aliphatic carbocycles. The Morgan fingerprint density at radius 3 is 2.42 bits per heavy atom. The first-order valence-electron chi connectivity index (χ1n) is 7.47. The number of aromatic nitrogens is 1. The Kier molecular flexibility index (Phi) is 5.19. The van der Waals surface area contributed by atoms with Gasteiger partial charge in [0.2, 0.25) is 0 Å². The molecule has 1 heterocycles. The van der Waals surface area contributed by atoms with Gasteiger partial charge in [-0.2, -0.15) is 0 Å². The molecule has 2 N–H and O–H groups in total. The molecule has 1 aromatic heterocycles. The molecule has 134 valence electrons. The highest BCUT2D eigenvalue weighted by Crippen LogP contribution is 2.22. The molecule has 0 unspecified atom stereocenters. The second kappa shape index (κ2) is 7.54. The Morgan fingerprint density at radius 1 is 1.08 bits per heavy atom. The van der Waals surface area contributed by atoms with Gasteiger partial charge < -0.3 is 10.1 Å². The van der Waals surface area contributed by atoms with Gasteiger partial charge in [-0.05, 0) is 36.4 Å². The normalized spacial score (nSPS) is 11.0. The van der Waals surface area contributed by atoms with Gasteiger partial charge in [-0.15, -0.1) is 11.3 Å². The molecule has 3 rings (SSSR count). The molecule has 0 radical (unpaired) electrons. The number of nitrogens with zero attached hydrogens (tertiary/aromatic N) is 1. The molecule has 2 aromatic carbocycles. The Hall–Kier alpha value is -2.91. The third-order valence-corrected chi connectivity index (χ3v) is 5.60. The van der Waals surface area contributed by atoms with Crippen molar-refractivity contribution < 1.29 is 17.9 Å². The fourth-order valence-electron chi connectivity index (χ4n) is 2.07. The number of para-hydroxylation sites is 1. The number of amides is 1. The second-order valence-electron chi connectivity index (χ2n) is 5.14. The van der Waals surface area contributed by atoms with Crippen LogP contribution in [-0.2, 0) is 10.0 Å². The van der Waals surface area contributed by atoms with Gasteiger partial charge in [0.25, 0.3) is 15.9 Å². The summed E-state index contributed by atoms with van der Waals surface area (Å²) < 4.78 is 32.1. The van der Waals surface area contributed by atoms with E-state index in [2.05, 4.69) is 15.0 Å². The van der Waals surface area contributed by atoms with Crippen LogP contribution in [0.25, 0.3) is 0 Å². The van der Waals surface area contributed by atoms with Crippen LogP contribution in [0, 0.1) is 0 Å².